The third kappa shape index (κ3) is 3.52. The van der Waals surface area contributed by atoms with Gasteiger partial charge in [-0.2, -0.15) is 10.5 Å². The number of hydrogen-bond donors (Lipinski definition) is 2. The fourth-order valence-electron chi connectivity index (χ4n) is 5.91. The van der Waals surface area contributed by atoms with Crippen LogP contribution >= 0.6 is 22.9 Å². The summed E-state index contributed by atoms with van der Waals surface area (Å²) >= 11 is 7.78. The molecule has 0 saturated heterocycles. The van der Waals surface area contributed by atoms with Crippen LogP contribution in [0.25, 0.3) is 0 Å². The van der Waals surface area contributed by atoms with Crippen molar-refractivity contribution in [1.82, 2.24) is 4.98 Å². The highest BCUT2D eigenvalue weighted by Crippen LogP contribution is 2.55. The minimum absolute atomic E-state index is 0.0321. The number of pyridine rings is 1. The second-order valence-electron chi connectivity index (χ2n) is 9.59. The number of thiophene rings is 1. The van der Waals surface area contributed by atoms with E-state index in [-0.39, 0.29) is 22.9 Å². The standard InChI is InChI=1S/C28H23ClN6OS/c29-15-10-8-14(9-11-15)22-23-19(5-3-6-20(23)36)35(27-24(22)25(32)18(13-31)26(33)34-27)28-17(12-30)16-4-1-2-7-21(16)37-28/h8-11,22H,1-7H2,(H4,32,33,34). The molecule has 0 fully saturated rings. The average molecular weight is 527 g/mol. The van der Waals surface area contributed by atoms with Crippen LogP contribution in [0.4, 0.5) is 22.3 Å². The number of allylic oxidation sites excluding steroid dienone is 2. The molecule has 0 radical (unpaired) electrons. The predicted molar refractivity (Wildman–Crippen MR) is 145 cm³/mol. The zero-order valence-corrected chi connectivity index (χ0v) is 21.5. The van der Waals surface area contributed by atoms with Crippen LogP contribution in [0.15, 0.2) is 35.5 Å². The number of rotatable bonds is 2. The van der Waals surface area contributed by atoms with Gasteiger partial charge in [0.25, 0.3) is 0 Å². The van der Waals surface area contributed by atoms with Gasteiger partial charge in [-0.25, -0.2) is 4.98 Å². The number of ketones is 1. The van der Waals surface area contributed by atoms with Crippen molar-refractivity contribution in [1.29, 1.82) is 10.5 Å². The predicted octanol–water partition coefficient (Wildman–Crippen LogP) is 5.87. The molecule has 0 saturated carbocycles. The normalized spacial score (nSPS) is 18.5. The van der Waals surface area contributed by atoms with Gasteiger partial charge in [0.15, 0.2) is 5.78 Å². The second-order valence-corrected chi connectivity index (χ2v) is 11.1. The van der Waals surface area contributed by atoms with Gasteiger partial charge >= 0.3 is 0 Å². The van der Waals surface area contributed by atoms with E-state index >= 15 is 0 Å². The summed E-state index contributed by atoms with van der Waals surface area (Å²) in [4.78, 5) is 21.5. The van der Waals surface area contributed by atoms with E-state index in [9.17, 15) is 15.3 Å². The Bertz CT molecular complexity index is 1590. The van der Waals surface area contributed by atoms with Crippen LogP contribution in [0.2, 0.25) is 5.02 Å². The van der Waals surface area contributed by atoms with Gasteiger partial charge in [-0.1, -0.05) is 23.7 Å². The number of halogens is 1. The molecule has 37 heavy (non-hydrogen) atoms. The van der Waals surface area contributed by atoms with E-state index in [1.54, 1.807) is 23.5 Å². The summed E-state index contributed by atoms with van der Waals surface area (Å²) < 4.78 is 0. The zero-order valence-electron chi connectivity index (χ0n) is 20.0. The summed E-state index contributed by atoms with van der Waals surface area (Å²) in [6, 6.07) is 11.9. The first kappa shape index (κ1) is 23.5. The summed E-state index contributed by atoms with van der Waals surface area (Å²) in [6.07, 6.45) is 5.69. The van der Waals surface area contributed by atoms with Crippen molar-refractivity contribution in [2.24, 2.45) is 0 Å². The smallest absolute Gasteiger partial charge is 0.161 e. The molecule has 9 heteroatoms. The molecule has 6 rings (SSSR count). The lowest BCUT2D eigenvalue weighted by atomic mass is 9.74. The number of carbonyl (C=O) groups excluding carboxylic acids is 1. The maximum absolute atomic E-state index is 13.6. The molecule has 1 atom stereocenters. The van der Waals surface area contributed by atoms with Crippen molar-refractivity contribution in [3.8, 4) is 12.1 Å². The van der Waals surface area contributed by atoms with Crippen LogP contribution in [-0.4, -0.2) is 10.8 Å². The molecule has 184 valence electrons. The second kappa shape index (κ2) is 8.92. The molecule has 1 unspecified atom stereocenters. The lowest BCUT2D eigenvalue weighted by Gasteiger charge is -2.40. The summed E-state index contributed by atoms with van der Waals surface area (Å²) in [5, 5.41) is 21.4. The maximum atomic E-state index is 13.6. The fraction of sp³-hybridized carbons (Fsp3) is 0.286. The molecular weight excluding hydrogens is 504 g/mol. The number of aryl methyl sites for hydroxylation is 1. The van der Waals surface area contributed by atoms with Gasteiger partial charge in [0, 0.05) is 39.1 Å². The number of hydrogen-bond acceptors (Lipinski definition) is 8. The number of carbonyl (C=O) groups is 1. The number of aromatic nitrogens is 1. The topological polar surface area (TPSA) is 133 Å². The van der Waals surface area contributed by atoms with Gasteiger partial charge in [0.2, 0.25) is 0 Å². The zero-order chi connectivity index (χ0) is 25.8. The van der Waals surface area contributed by atoms with E-state index in [2.05, 4.69) is 12.1 Å². The average Bonchev–Trinajstić information content (AvgIpc) is 3.26. The van der Waals surface area contributed by atoms with E-state index in [0.717, 1.165) is 47.5 Å². The van der Waals surface area contributed by atoms with Crippen molar-refractivity contribution < 1.29 is 4.79 Å². The maximum Gasteiger partial charge on any atom is 0.161 e. The highest BCUT2D eigenvalue weighted by Gasteiger charge is 2.43. The van der Waals surface area contributed by atoms with Crippen LogP contribution in [0.3, 0.4) is 0 Å². The summed E-state index contributed by atoms with van der Waals surface area (Å²) in [7, 11) is 0. The molecule has 3 aromatic rings. The lowest BCUT2D eigenvalue weighted by Crippen LogP contribution is -2.34. The Labute approximate surface area is 223 Å². The molecule has 0 bridgehead atoms. The quantitative estimate of drug-likeness (QED) is 0.426. The Balaban J connectivity index is 1.72. The Hall–Kier alpha value is -3.85. The molecule has 3 aliphatic rings. The number of fused-ring (bicyclic) bond motifs is 2. The van der Waals surface area contributed by atoms with Gasteiger partial charge in [0.1, 0.15) is 34.3 Å². The Morgan fingerprint density at radius 2 is 1.73 bits per heavy atom. The molecule has 2 aromatic heterocycles. The summed E-state index contributed by atoms with van der Waals surface area (Å²) in [6.45, 7) is 0. The number of nitrogens with two attached hydrogens (primary N) is 2. The van der Waals surface area contributed by atoms with Gasteiger partial charge in [0.05, 0.1) is 11.3 Å². The van der Waals surface area contributed by atoms with E-state index in [1.807, 2.05) is 17.0 Å². The van der Waals surface area contributed by atoms with E-state index in [1.165, 1.54) is 4.88 Å². The Morgan fingerprint density at radius 1 is 1.00 bits per heavy atom. The van der Waals surface area contributed by atoms with Gasteiger partial charge < -0.3 is 11.5 Å². The Morgan fingerprint density at radius 3 is 2.46 bits per heavy atom. The van der Waals surface area contributed by atoms with Crippen LogP contribution in [0, 0.1) is 22.7 Å². The molecule has 7 nitrogen and oxygen atoms in total. The lowest BCUT2D eigenvalue weighted by molar-refractivity contribution is -0.116. The molecular formula is C28H23ClN6OS. The largest absolute Gasteiger partial charge is 0.397 e. The van der Waals surface area contributed by atoms with Crippen molar-refractivity contribution in [2.45, 2.75) is 50.9 Å². The van der Waals surface area contributed by atoms with Crippen molar-refractivity contribution in [3.63, 3.8) is 0 Å². The number of nitriles is 2. The number of anilines is 4. The first-order valence-electron chi connectivity index (χ1n) is 12.3. The minimum Gasteiger partial charge on any atom is -0.397 e. The number of benzene rings is 1. The van der Waals surface area contributed by atoms with E-state index < -0.39 is 5.92 Å². The molecule has 2 aliphatic carbocycles. The molecule has 1 aromatic carbocycles. The molecule has 3 heterocycles. The monoisotopic (exact) mass is 526 g/mol. The molecule has 1 aliphatic heterocycles. The first-order valence-corrected chi connectivity index (χ1v) is 13.5. The highest BCUT2D eigenvalue weighted by molar-refractivity contribution is 7.16. The van der Waals surface area contributed by atoms with Gasteiger partial charge in [-0.15, -0.1) is 11.3 Å². The number of Topliss-reactive ketones (excluding diaryl/α,β-unsaturated/α-hetero) is 1. The SMILES string of the molecule is N#Cc1c(N)nc2c(c1N)C(c1ccc(Cl)cc1)C1=C(CCCC1=O)N2c1sc2c(c1C#N)CCCC2. The van der Waals surface area contributed by atoms with E-state index in [4.69, 9.17) is 28.1 Å². The highest BCUT2D eigenvalue weighted by atomic mass is 35.5. The van der Waals surface area contributed by atoms with Crippen molar-refractivity contribution in [2.75, 3.05) is 16.4 Å². The van der Waals surface area contributed by atoms with Crippen LogP contribution in [0.5, 0.6) is 0 Å². The minimum atomic E-state index is -0.522. The van der Waals surface area contributed by atoms with Crippen molar-refractivity contribution >= 4 is 51.0 Å². The van der Waals surface area contributed by atoms with Crippen LogP contribution in [-0.2, 0) is 17.6 Å². The first-order chi connectivity index (χ1) is 17.9. The van der Waals surface area contributed by atoms with E-state index in [0.29, 0.717) is 46.8 Å². The fourth-order valence-corrected chi connectivity index (χ4v) is 7.40. The summed E-state index contributed by atoms with van der Waals surface area (Å²) in [5.41, 5.74) is 17.8. The van der Waals surface area contributed by atoms with Gasteiger partial charge in [-0.3, -0.25) is 9.69 Å². The molecule has 0 amide bonds. The number of nitrogen functional groups attached to an aromatic ring is 2. The third-order valence-electron chi connectivity index (χ3n) is 7.55. The Kier molecular flexibility index (Phi) is 5.67. The van der Waals surface area contributed by atoms with Crippen molar-refractivity contribution in [3.05, 3.63) is 73.3 Å². The molecule has 4 N–H and O–H groups in total. The third-order valence-corrected chi connectivity index (χ3v) is 9.08. The van der Waals surface area contributed by atoms with Gasteiger partial charge in [-0.05, 0) is 61.8 Å². The van der Waals surface area contributed by atoms with Crippen LogP contribution < -0.4 is 16.4 Å². The van der Waals surface area contributed by atoms with Crippen LogP contribution in [0.1, 0.15) is 70.7 Å². The molecule has 0 spiro atoms. The number of nitrogens with zero attached hydrogens (tertiary/aromatic N) is 4. The summed E-state index contributed by atoms with van der Waals surface area (Å²) in [5.74, 6) is 0.0279.